The maximum Gasteiger partial charge on any atom is 0.215 e. The summed E-state index contributed by atoms with van der Waals surface area (Å²) < 4.78 is 25.8. The summed E-state index contributed by atoms with van der Waals surface area (Å²) >= 11 is 0. The van der Waals surface area contributed by atoms with Gasteiger partial charge in [-0.15, -0.1) is 0 Å². The summed E-state index contributed by atoms with van der Waals surface area (Å²) in [6.45, 7) is 0. The third-order valence-corrected chi connectivity index (χ3v) is 1.79. The van der Waals surface area contributed by atoms with Gasteiger partial charge in [-0.3, -0.25) is 0 Å². The van der Waals surface area contributed by atoms with Crippen molar-refractivity contribution >= 4 is 10.9 Å². The highest BCUT2D eigenvalue weighted by molar-refractivity contribution is 5.85. The van der Waals surface area contributed by atoms with Gasteiger partial charge in [-0.25, -0.2) is 13.8 Å². The van der Waals surface area contributed by atoms with Gasteiger partial charge in [-0.1, -0.05) is 0 Å². The van der Waals surface area contributed by atoms with Crippen molar-refractivity contribution < 1.29 is 19.0 Å². The largest absolute Gasteiger partial charge is 0.507 e. The van der Waals surface area contributed by atoms with Crippen molar-refractivity contribution in [1.82, 2.24) is 4.98 Å². The molecule has 0 aliphatic carbocycles. The van der Waals surface area contributed by atoms with E-state index in [1.807, 2.05) is 0 Å². The van der Waals surface area contributed by atoms with Gasteiger partial charge in [0.1, 0.15) is 17.4 Å². The minimum Gasteiger partial charge on any atom is -0.507 e. The van der Waals surface area contributed by atoms with Crippen molar-refractivity contribution in [3.63, 3.8) is 0 Å². The SMILES string of the molecule is Oc1cc(O)c2c(F)cc(F)cc2n1. The number of hydrogen-bond acceptors (Lipinski definition) is 3. The number of fused-ring (bicyclic) bond motifs is 1. The third-order valence-electron chi connectivity index (χ3n) is 1.79. The highest BCUT2D eigenvalue weighted by Gasteiger charge is 2.10. The maximum atomic E-state index is 13.1. The summed E-state index contributed by atoms with van der Waals surface area (Å²) in [6.07, 6.45) is 0. The molecule has 0 amide bonds. The van der Waals surface area contributed by atoms with Crippen molar-refractivity contribution in [1.29, 1.82) is 0 Å². The van der Waals surface area contributed by atoms with Crippen molar-refractivity contribution in [2.24, 2.45) is 0 Å². The number of rotatable bonds is 0. The molecule has 0 bridgehead atoms. The first-order valence-electron chi connectivity index (χ1n) is 3.75. The van der Waals surface area contributed by atoms with Gasteiger partial charge >= 0.3 is 0 Å². The van der Waals surface area contributed by atoms with Crippen LogP contribution >= 0.6 is 0 Å². The number of pyridine rings is 1. The molecule has 72 valence electrons. The molecule has 0 saturated carbocycles. The van der Waals surface area contributed by atoms with E-state index in [9.17, 15) is 13.9 Å². The molecule has 0 fully saturated rings. The van der Waals surface area contributed by atoms with E-state index in [0.29, 0.717) is 6.07 Å². The van der Waals surface area contributed by atoms with E-state index in [4.69, 9.17) is 5.11 Å². The Kier molecular flexibility index (Phi) is 1.73. The minimum absolute atomic E-state index is 0.125. The van der Waals surface area contributed by atoms with E-state index in [1.54, 1.807) is 0 Å². The van der Waals surface area contributed by atoms with Crippen LogP contribution in [-0.2, 0) is 0 Å². The maximum absolute atomic E-state index is 13.1. The predicted octanol–water partition coefficient (Wildman–Crippen LogP) is 1.92. The second-order valence-corrected chi connectivity index (χ2v) is 2.78. The molecule has 0 unspecified atom stereocenters. The number of benzene rings is 1. The second-order valence-electron chi connectivity index (χ2n) is 2.78. The zero-order valence-corrected chi connectivity index (χ0v) is 6.83. The van der Waals surface area contributed by atoms with Crippen LogP contribution in [0.15, 0.2) is 18.2 Å². The second kappa shape index (κ2) is 2.80. The number of aromatic nitrogens is 1. The molecule has 3 nitrogen and oxygen atoms in total. The van der Waals surface area contributed by atoms with Crippen LogP contribution in [0.3, 0.4) is 0 Å². The minimum atomic E-state index is -0.912. The first kappa shape index (κ1) is 8.68. The first-order chi connectivity index (χ1) is 6.58. The molecule has 1 heterocycles. The van der Waals surface area contributed by atoms with Gasteiger partial charge < -0.3 is 10.2 Å². The third kappa shape index (κ3) is 1.22. The van der Waals surface area contributed by atoms with Gasteiger partial charge in [-0.05, 0) is 0 Å². The van der Waals surface area contributed by atoms with Crippen molar-refractivity contribution in [3.8, 4) is 11.6 Å². The summed E-state index contributed by atoms with van der Waals surface area (Å²) in [5.74, 6) is -2.68. The molecule has 5 heteroatoms. The van der Waals surface area contributed by atoms with Crippen molar-refractivity contribution in [3.05, 3.63) is 29.8 Å². The zero-order valence-electron chi connectivity index (χ0n) is 6.83. The van der Waals surface area contributed by atoms with Crippen molar-refractivity contribution in [2.45, 2.75) is 0 Å². The highest BCUT2D eigenvalue weighted by atomic mass is 19.1. The number of nitrogens with zero attached hydrogens (tertiary/aromatic N) is 1. The highest BCUT2D eigenvalue weighted by Crippen LogP contribution is 2.29. The molecule has 0 aliphatic heterocycles. The van der Waals surface area contributed by atoms with E-state index in [1.165, 1.54) is 0 Å². The van der Waals surface area contributed by atoms with Crippen LogP contribution < -0.4 is 0 Å². The summed E-state index contributed by atoms with van der Waals surface area (Å²) in [5, 5.41) is 18.0. The average molecular weight is 197 g/mol. The summed E-state index contributed by atoms with van der Waals surface area (Å²) in [4.78, 5) is 3.47. The van der Waals surface area contributed by atoms with Gasteiger partial charge in [0.15, 0.2) is 0 Å². The molecule has 0 radical (unpaired) electrons. The van der Waals surface area contributed by atoms with E-state index in [2.05, 4.69) is 4.98 Å². The van der Waals surface area contributed by atoms with Crippen LogP contribution in [0.2, 0.25) is 0 Å². The fourth-order valence-electron chi connectivity index (χ4n) is 1.25. The van der Waals surface area contributed by atoms with Gasteiger partial charge in [0.2, 0.25) is 5.88 Å². The Labute approximate surface area is 77.3 Å². The van der Waals surface area contributed by atoms with Gasteiger partial charge in [-0.2, -0.15) is 0 Å². The van der Waals surface area contributed by atoms with E-state index < -0.39 is 23.3 Å². The van der Waals surface area contributed by atoms with Gasteiger partial charge in [0.25, 0.3) is 0 Å². The molecule has 14 heavy (non-hydrogen) atoms. The first-order valence-corrected chi connectivity index (χ1v) is 3.75. The Bertz CT molecular complexity index is 471. The molecule has 1 aromatic carbocycles. The Balaban J connectivity index is 2.94. The molecule has 0 saturated heterocycles. The Morgan fingerprint density at radius 2 is 1.79 bits per heavy atom. The molecular weight excluding hydrogens is 192 g/mol. The average Bonchev–Trinajstić information content (AvgIpc) is 1.99. The van der Waals surface area contributed by atoms with Crippen LogP contribution in [0, 0.1) is 11.6 Å². The lowest BCUT2D eigenvalue weighted by atomic mass is 10.2. The van der Waals surface area contributed by atoms with Crippen molar-refractivity contribution in [2.75, 3.05) is 0 Å². The van der Waals surface area contributed by atoms with Crippen LogP contribution in [0.4, 0.5) is 8.78 Å². The molecule has 2 N–H and O–H groups in total. The molecule has 1 aromatic heterocycles. The normalized spacial score (nSPS) is 10.7. The summed E-state index contributed by atoms with van der Waals surface area (Å²) in [6, 6.07) is 2.46. The molecule has 2 aromatic rings. The number of aromatic hydroxyl groups is 2. The van der Waals surface area contributed by atoms with Crippen LogP contribution in [0.1, 0.15) is 0 Å². The monoisotopic (exact) mass is 197 g/mol. The predicted molar refractivity (Wildman–Crippen MR) is 45.0 cm³/mol. The lowest BCUT2D eigenvalue weighted by Crippen LogP contribution is -1.87. The fraction of sp³-hybridized carbons (Fsp3) is 0. The molecule has 2 rings (SSSR count). The lowest BCUT2D eigenvalue weighted by Gasteiger charge is -2.02. The fourth-order valence-corrected chi connectivity index (χ4v) is 1.25. The molecular formula is C9H5F2NO2. The standard InChI is InChI=1S/C9H5F2NO2/c10-4-1-5(11)9-6(2-4)12-8(14)3-7(9)13/h1-3H,(H2,12,13,14). The summed E-state index contributed by atoms with van der Waals surface area (Å²) in [7, 11) is 0. The zero-order chi connectivity index (χ0) is 10.3. The molecule has 0 atom stereocenters. The van der Waals surface area contributed by atoms with Gasteiger partial charge in [0, 0.05) is 18.2 Å². The number of hydrogen-bond donors (Lipinski definition) is 2. The molecule has 0 spiro atoms. The Morgan fingerprint density at radius 3 is 2.50 bits per heavy atom. The van der Waals surface area contributed by atoms with Crippen LogP contribution in [0.25, 0.3) is 10.9 Å². The Morgan fingerprint density at radius 1 is 1.07 bits per heavy atom. The van der Waals surface area contributed by atoms with E-state index in [-0.39, 0.29) is 10.9 Å². The quantitative estimate of drug-likeness (QED) is 0.678. The number of halogens is 2. The van der Waals surface area contributed by atoms with E-state index in [0.717, 1.165) is 12.1 Å². The molecule has 0 aliphatic rings. The Hall–Kier alpha value is -1.91. The van der Waals surface area contributed by atoms with Gasteiger partial charge in [0.05, 0.1) is 10.9 Å². The van der Waals surface area contributed by atoms with Crippen LogP contribution in [0.5, 0.6) is 11.6 Å². The lowest BCUT2D eigenvalue weighted by molar-refractivity contribution is 0.439. The topological polar surface area (TPSA) is 53.4 Å². The summed E-state index contributed by atoms with van der Waals surface area (Å²) in [5.41, 5.74) is -0.125. The van der Waals surface area contributed by atoms with Crippen LogP contribution in [-0.4, -0.2) is 15.2 Å². The van der Waals surface area contributed by atoms with E-state index >= 15 is 0 Å². The smallest absolute Gasteiger partial charge is 0.215 e.